The highest BCUT2D eigenvalue weighted by Crippen LogP contribution is 2.39. The summed E-state index contributed by atoms with van der Waals surface area (Å²) >= 11 is 0. The van der Waals surface area contributed by atoms with E-state index in [0.717, 1.165) is 6.54 Å². The van der Waals surface area contributed by atoms with Gasteiger partial charge in [0.25, 0.3) is 0 Å². The van der Waals surface area contributed by atoms with Crippen LogP contribution in [0.3, 0.4) is 0 Å². The summed E-state index contributed by atoms with van der Waals surface area (Å²) in [5.41, 5.74) is 1.52. The summed E-state index contributed by atoms with van der Waals surface area (Å²) in [7, 11) is 2.21. The molecule has 1 atom stereocenters. The molecule has 1 unspecified atom stereocenters. The quantitative estimate of drug-likeness (QED) is 0.566. The van der Waals surface area contributed by atoms with Gasteiger partial charge in [-0.05, 0) is 32.0 Å². The Labute approximate surface area is 86.8 Å². The lowest BCUT2D eigenvalue weighted by Gasteiger charge is -2.34. The van der Waals surface area contributed by atoms with Gasteiger partial charge in [0.1, 0.15) is 0 Å². The van der Waals surface area contributed by atoms with Gasteiger partial charge in [0.05, 0.1) is 0 Å². The van der Waals surface area contributed by atoms with Gasteiger partial charge < -0.3 is 4.90 Å². The van der Waals surface area contributed by atoms with Crippen LogP contribution in [0.4, 0.5) is 0 Å². The van der Waals surface area contributed by atoms with E-state index in [9.17, 15) is 0 Å². The molecule has 1 spiro atoms. The van der Waals surface area contributed by atoms with Crippen molar-refractivity contribution in [1.82, 2.24) is 4.90 Å². The Morgan fingerprint density at radius 2 is 2.21 bits per heavy atom. The maximum atomic E-state index is 4.20. The summed E-state index contributed by atoms with van der Waals surface area (Å²) < 4.78 is 0. The first-order chi connectivity index (χ1) is 6.73. The van der Waals surface area contributed by atoms with Gasteiger partial charge in [0.2, 0.25) is 0 Å². The van der Waals surface area contributed by atoms with Crippen LogP contribution in [-0.2, 0) is 0 Å². The van der Waals surface area contributed by atoms with E-state index in [1.807, 2.05) is 0 Å². The molecule has 0 aromatic rings. The lowest BCUT2D eigenvalue weighted by Crippen LogP contribution is -2.34. The Morgan fingerprint density at radius 3 is 3.00 bits per heavy atom. The Bertz CT molecular complexity index is 288. The third-order valence-electron chi connectivity index (χ3n) is 3.43. The van der Waals surface area contributed by atoms with Gasteiger partial charge in [-0.15, -0.1) is 0 Å². The zero-order chi connectivity index (χ0) is 10.0. The normalized spacial score (nSPS) is 33.6. The minimum absolute atomic E-state index is 0.236. The van der Waals surface area contributed by atoms with Crippen molar-refractivity contribution in [2.45, 2.75) is 19.3 Å². The number of rotatable bonds is 0. The van der Waals surface area contributed by atoms with Gasteiger partial charge in [-0.3, -0.25) is 0 Å². The molecule has 0 aromatic heterocycles. The minimum atomic E-state index is 0.236. The summed E-state index contributed by atoms with van der Waals surface area (Å²) in [5, 5.41) is 0. The molecule has 0 radical (unpaired) electrons. The second kappa shape index (κ2) is 3.74. The molecular formula is C13H19N. The van der Waals surface area contributed by atoms with Crippen LogP contribution in [0, 0.1) is 5.41 Å². The van der Waals surface area contributed by atoms with Gasteiger partial charge in [-0.2, -0.15) is 0 Å². The van der Waals surface area contributed by atoms with Gasteiger partial charge in [0, 0.05) is 12.0 Å². The van der Waals surface area contributed by atoms with E-state index in [0.29, 0.717) is 0 Å². The van der Waals surface area contributed by atoms with E-state index in [1.165, 1.54) is 31.4 Å². The number of hydrogen-bond acceptors (Lipinski definition) is 1. The fourth-order valence-electron chi connectivity index (χ4n) is 2.54. The number of hydrogen-bond donors (Lipinski definition) is 0. The van der Waals surface area contributed by atoms with Gasteiger partial charge in [-0.1, -0.05) is 37.3 Å². The van der Waals surface area contributed by atoms with Crippen LogP contribution in [0.2, 0.25) is 0 Å². The van der Waals surface area contributed by atoms with Crippen molar-refractivity contribution < 1.29 is 0 Å². The van der Waals surface area contributed by atoms with Crippen molar-refractivity contribution in [3.63, 3.8) is 0 Å². The summed E-state index contributed by atoms with van der Waals surface area (Å²) in [5.74, 6) is 0. The van der Waals surface area contributed by atoms with Gasteiger partial charge in [-0.25, -0.2) is 0 Å². The van der Waals surface area contributed by atoms with Gasteiger partial charge >= 0.3 is 0 Å². The number of allylic oxidation sites excluding steroid dienone is 3. The molecule has 0 saturated carbocycles. The van der Waals surface area contributed by atoms with Crippen LogP contribution in [0.1, 0.15) is 19.3 Å². The van der Waals surface area contributed by atoms with Crippen molar-refractivity contribution >= 4 is 0 Å². The van der Waals surface area contributed by atoms with Crippen molar-refractivity contribution in [3.05, 3.63) is 36.5 Å². The van der Waals surface area contributed by atoms with Crippen LogP contribution >= 0.6 is 0 Å². The van der Waals surface area contributed by atoms with Crippen LogP contribution in [0.15, 0.2) is 36.5 Å². The summed E-state index contributed by atoms with van der Waals surface area (Å²) in [6, 6.07) is 0. The Morgan fingerprint density at radius 1 is 1.36 bits per heavy atom. The molecule has 0 aromatic carbocycles. The van der Waals surface area contributed by atoms with Crippen LogP contribution in [0.25, 0.3) is 0 Å². The molecule has 0 bridgehead atoms. The molecule has 0 amide bonds. The molecule has 1 heterocycles. The highest BCUT2D eigenvalue weighted by molar-refractivity contribution is 5.37. The monoisotopic (exact) mass is 189 g/mol. The standard InChI is InChI=1S/C13H19N/c1-12-7-3-4-8-13(12)9-5-6-10-14(2)11-13/h3-4,7-8H,1,5-6,9-11H2,2H3. The SMILES string of the molecule is C=C1C=CC=CC12CCCCN(C)C2. The minimum Gasteiger partial charge on any atom is -0.305 e. The molecule has 14 heavy (non-hydrogen) atoms. The number of nitrogens with zero attached hydrogens (tertiary/aromatic N) is 1. The van der Waals surface area contributed by atoms with Crippen molar-refractivity contribution in [2.75, 3.05) is 20.1 Å². The average molecular weight is 189 g/mol. The van der Waals surface area contributed by atoms with E-state index >= 15 is 0 Å². The summed E-state index contributed by atoms with van der Waals surface area (Å²) in [6.45, 7) is 6.56. The molecule has 1 nitrogen and oxygen atoms in total. The van der Waals surface area contributed by atoms with Crippen molar-refractivity contribution in [1.29, 1.82) is 0 Å². The molecular weight excluding hydrogens is 170 g/mol. The second-order valence-electron chi connectivity index (χ2n) is 4.59. The predicted octanol–water partition coefficient (Wildman–Crippen LogP) is 2.77. The zero-order valence-corrected chi connectivity index (χ0v) is 9.00. The van der Waals surface area contributed by atoms with Crippen LogP contribution in [0.5, 0.6) is 0 Å². The third-order valence-corrected chi connectivity index (χ3v) is 3.43. The molecule has 1 fully saturated rings. The third kappa shape index (κ3) is 1.69. The first-order valence-corrected chi connectivity index (χ1v) is 5.47. The molecule has 1 aliphatic heterocycles. The maximum absolute atomic E-state index is 4.20. The summed E-state index contributed by atoms with van der Waals surface area (Å²) in [6.07, 6.45) is 12.7. The first-order valence-electron chi connectivity index (χ1n) is 5.47. The first kappa shape index (κ1) is 9.72. The lowest BCUT2D eigenvalue weighted by atomic mass is 9.74. The van der Waals surface area contributed by atoms with Crippen LogP contribution < -0.4 is 0 Å². The smallest absolute Gasteiger partial charge is 0.0256 e. The van der Waals surface area contributed by atoms with Crippen molar-refractivity contribution in [3.8, 4) is 0 Å². The highest BCUT2D eigenvalue weighted by Gasteiger charge is 2.32. The molecule has 1 aliphatic carbocycles. The van der Waals surface area contributed by atoms with Crippen LogP contribution in [-0.4, -0.2) is 25.0 Å². The Kier molecular flexibility index (Phi) is 2.60. The molecule has 1 heteroatoms. The van der Waals surface area contributed by atoms with E-state index < -0.39 is 0 Å². The molecule has 1 saturated heterocycles. The van der Waals surface area contributed by atoms with E-state index in [2.05, 4.69) is 42.8 Å². The molecule has 0 N–H and O–H groups in total. The topological polar surface area (TPSA) is 3.24 Å². The summed E-state index contributed by atoms with van der Waals surface area (Å²) in [4.78, 5) is 2.43. The molecule has 2 aliphatic rings. The average Bonchev–Trinajstić information content (AvgIpc) is 2.34. The van der Waals surface area contributed by atoms with E-state index in [1.54, 1.807) is 0 Å². The molecule has 76 valence electrons. The number of likely N-dealkylation sites (tertiary alicyclic amines) is 1. The van der Waals surface area contributed by atoms with Gasteiger partial charge in [0.15, 0.2) is 0 Å². The van der Waals surface area contributed by atoms with Crippen molar-refractivity contribution in [2.24, 2.45) is 5.41 Å². The van der Waals surface area contributed by atoms with E-state index in [-0.39, 0.29) is 5.41 Å². The fourth-order valence-corrected chi connectivity index (χ4v) is 2.54. The Balaban J connectivity index is 2.24. The largest absolute Gasteiger partial charge is 0.305 e. The Hall–Kier alpha value is -0.820. The zero-order valence-electron chi connectivity index (χ0n) is 9.00. The maximum Gasteiger partial charge on any atom is 0.0256 e. The lowest BCUT2D eigenvalue weighted by molar-refractivity contribution is 0.273. The highest BCUT2D eigenvalue weighted by atomic mass is 15.1. The predicted molar refractivity (Wildman–Crippen MR) is 61.2 cm³/mol. The fraction of sp³-hybridized carbons (Fsp3) is 0.538. The second-order valence-corrected chi connectivity index (χ2v) is 4.59. The van der Waals surface area contributed by atoms with E-state index in [4.69, 9.17) is 0 Å². The molecule has 2 rings (SSSR count).